The van der Waals surface area contributed by atoms with E-state index in [4.69, 9.17) is 30.7 Å². The summed E-state index contributed by atoms with van der Waals surface area (Å²) in [5, 5.41) is 58.9. The number of hydrogen-bond donors (Lipinski definition) is 9. The number of nitrogens with zero attached hydrogens (tertiary/aromatic N) is 11. The van der Waals surface area contributed by atoms with Crippen LogP contribution in [0.3, 0.4) is 0 Å². The number of aliphatic hydroxyl groups excluding tert-OH is 1. The minimum atomic E-state index is -5.31. The zero-order valence-electron chi connectivity index (χ0n) is 53.4. The Hall–Kier alpha value is -10.6. The number of thiophene rings is 2. The van der Waals surface area contributed by atoms with E-state index in [1.165, 1.54) is 62.8 Å². The van der Waals surface area contributed by atoms with E-state index < -0.39 is 101 Å². The second-order valence-electron chi connectivity index (χ2n) is 20.0. The Morgan fingerprint density at radius 1 is 0.663 bits per heavy atom. The first kappa shape index (κ1) is 74.8. The van der Waals surface area contributed by atoms with Gasteiger partial charge in [-0.25, -0.2) is 0 Å². The van der Waals surface area contributed by atoms with Gasteiger partial charge in [-0.05, 0) is 96.2 Å². The average Bonchev–Trinajstić information content (AvgIpc) is 1.64. The Morgan fingerprint density at radius 3 is 1.48 bits per heavy atom. The standard InChI is InChI=1S/C61H63N17O15S5/c1-9-77(10-2)46-25-42(44(27-48(46)91-7)73-75-57-40(29-62)52(97(85,86)87)50(95-57)23-38(32(5)80)55(83)66-35-16-13-15-34(21-35)54(65)82)68-59-70-60(72-61(71-59)94-20-19-79)69-43-26-47(78(11-3)12-4)49(92-8)28-45(43)74-76-58-41(30-63)53(98(88,89)90)51(96-58)24-39(33(6)81)56(84)67-36-17-14-18-37(22-36)93-31-64/h13-18,21-28,79H,9-12,19-20,31,64H2,1-8H3,(H2,65,82)(H,66,83)(H,67,84)(H,85,86,87)(H,88,89,90)(H2,68,69,70,71,72)/b38-23-,39-24+,75-73+,76-74+. The van der Waals surface area contributed by atoms with E-state index in [9.17, 15) is 65.5 Å². The quantitative estimate of drug-likeness (QED) is 0.00360. The number of carbonyl (C=O) groups is 5. The Balaban J connectivity index is 1.36. The summed E-state index contributed by atoms with van der Waals surface area (Å²) in [6.07, 6.45) is 1.74. The van der Waals surface area contributed by atoms with E-state index in [0.29, 0.717) is 60.2 Å². The number of Topliss-reactive ketones (excluding diaryl/α,β-unsaturated/α-hetero) is 2. The van der Waals surface area contributed by atoms with E-state index >= 15 is 0 Å². The van der Waals surface area contributed by atoms with Gasteiger partial charge in [0.05, 0.1) is 64.5 Å². The number of rotatable bonds is 32. The summed E-state index contributed by atoms with van der Waals surface area (Å²) < 4.78 is 90.5. The molecule has 98 heavy (non-hydrogen) atoms. The van der Waals surface area contributed by atoms with E-state index in [0.717, 1.165) is 37.8 Å². The molecule has 7 aromatic rings. The number of methoxy groups -OCH3 is 2. The van der Waals surface area contributed by atoms with Crippen LogP contribution in [-0.2, 0) is 39.4 Å². The van der Waals surface area contributed by atoms with Crippen LogP contribution < -0.4 is 56.7 Å². The predicted octanol–water partition coefficient (Wildman–Crippen LogP) is 9.96. The lowest BCUT2D eigenvalue weighted by Gasteiger charge is -2.25. The lowest BCUT2D eigenvalue weighted by Crippen LogP contribution is -2.22. The fraction of sp³-hybridized carbons (Fsp3) is 0.246. The molecule has 37 heteroatoms. The van der Waals surface area contributed by atoms with Crippen LogP contribution >= 0.6 is 34.4 Å². The summed E-state index contributed by atoms with van der Waals surface area (Å²) in [5.41, 5.74) is 9.69. The Kier molecular flexibility index (Phi) is 25.5. The molecule has 11 N–H and O–H groups in total. The third kappa shape index (κ3) is 18.3. The first-order valence-electron chi connectivity index (χ1n) is 29.0. The third-order valence-electron chi connectivity index (χ3n) is 13.8. The van der Waals surface area contributed by atoms with Gasteiger partial charge in [0.1, 0.15) is 68.4 Å². The molecule has 0 spiro atoms. The number of primary amides is 1. The smallest absolute Gasteiger partial charge is 0.297 e. The number of aliphatic hydroxyl groups is 1. The summed E-state index contributed by atoms with van der Waals surface area (Å²) in [6.45, 7) is 11.0. The fourth-order valence-corrected chi connectivity index (χ4v) is 14.1. The molecule has 0 unspecified atom stereocenters. The van der Waals surface area contributed by atoms with Crippen LogP contribution in [-0.4, -0.2) is 135 Å². The largest absolute Gasteiger partial charge is 0.494 e. The van der Waals surface area contributed by atoms with Gasteiger partial charge in [0.2, 0.25) is 17.8 Å². The van der Waals surface area contributed by atoms with Crippen molar-refractivity contribution in [3.8, 4) is 29.4 Å². The number of hydrogen-bond acceptors (Lipinski definition) is 30. The zero-order valence-corrected chi connectivity index (χ0v) is 57.5. The van der Waals surface area contributed by atoms with Gasteiger partial charge in [-0.3, -0.25) is 38.8 Å². The van der Waals surface area contributed by atoms with Crippen molar-refractivity contribution < 1.29 is 69.2 Å². The van der Waals surface area contributed by atoms with Gasteiger partial charge < -0.3 is 56.1 Å². The van der Waals surface area contributed by atoms with Crippen LogP contribution in [0.15, 0.2) is 119 Å². The molecule has 0 fully saturated rings. The van der Waals surface area contributed by atoms with Crippen molar-refractivity contribution in [1.29, 1.82) is 10.5 Å². The van der Waals surface area contributed by atoms with Crippen LogP contribution in [0.2, 0.25) is 0 Å². The lowest BCUT2D eigenvalue weighted by molar-refractivity contribution is -0.120. The molecule has 0 aliphatic rings. The minimum absolute atomic E-state index is 0.0227. The summed E-state index contributed by atoms with van der Waals surface area (Å²) >= 11 is 2.00. The first-order chi connectivity index (χ1) is 46.7. The molecule has 0 aliphatic carbocycles. The normalized spacial score (nSPS) is 11.8. The molecule has 3 aromatic heterocycles. The first-order valence-corrected chi connectivity index (χ1v) is 34.5. The maximum atomic E-state index is 13.6. The Labute approximate surface area is 573 Å². The number of azo groups is 2. The molecule has 0 atom stereocenters. The van der Waals surface area contributed by atoms with Crippen molar-refractivity contribution >= 4 is 164 Å². The van der Waals surface area contributed by atoms with Crippen LogP contribution in [0.1, 0.15) is 72.8 Å². The number of anilines is 8. The highest BCUT2D eigenvalue weighted by Gasteiger charge is 2.31. The number of nitriles is 2. The molecule has 3 heterocycles. The monoisotopic (exact) mass is 1430 g/mol. The Morgan fingerprint density at radius 2 is 1.10 bits per heavy atom. The number of ketones is 2. The summed E-state index contributed by atoms with van der Waals surface area (Å²) in [4.78, 5) is 80.2. The molecule has 7 rings (SSSR count). The van der Waals surface area contributed by atoms with Crippen LogP contribution in [0.5, 0.6) is 17.2 Å². The molecule has 0 aliphatic heterocycles. The molecule has 32 nitrogen and oxygen atoms in total. The topological polar surface area (TPSA) is 484 Å². The summed E-state index contributed by atoms with van der Waals surface area (Å²) in [5.74, 6) is -4.00. The van der Waals surface area contributed by atoms with Gasteiger partial charge in [-0.1, -0.05) is 23.9 Å². The number of thioether (sulfide) groups is 1. The predicted molar refractivity (Wildman–Crippen MR) is 369 cm³/mol. The van der Waals surface area contributed by atoms with Crippen molar-refractivity contribution in [3.05, 3.63) is 110 Å². The number of benzene rings is 4. The van der Waals surface area contributed by atoms with Gasteiger partial charge in [-0.2, -0.15) is 42.3 Å². The van der Waals surface area contributed by atoms with Crippen molar-refractivity contribution in [2.24, 2.45) is 31.9 Å². The minimum Gasteiger partial charge on any atom is -0.494 e. The van der Waals surface area contributed by atoms with E-state index in [-0.39, 0.29) is 93.1 Å². The maximum Gasteiger partial charge on any atom is 0.297 e. The second kappa shape index (κ2) is 33.4. The number of amides is 3. The lowest BCUT2D eigenvalue weighted by atomic mass is 10.1. The molecule has 4 aromatic carbocycles. The maximum absolute atomic E-state index is 13.6. The Bertz CT molecular complexity index is 4710. The molecular formula is C61H63N17O15S5. The SMILES string of the molecule is CCN(CC)c1cc(Nc2nc(Nc3cc(N(CC)CC)c(OC)cc3/N=N/c3sc(/C=C(\C(C)=O)C(=O)Nc4cccc(OCN)c4)c(S(=O)(=O)O)c3C#N)nc(SCCO)n2)c(/N=N/c2sc(/C=C(/C(C)=O)C(=O)Nc3cccc(C(N)=O)c3)c(S(=O)(=O)O)c2C#N)cc1OC. The molecule has 0 saturated carbocycles. The van der Waals surface area contributed by atoms with Gasteiger partial charge >= 0.3 is 0 Å². The summed E-state index contributed by atoms with van der Waals surface area (Å²) in [6, 6.07) is 21.1. The van der Waals surface area contributed by atoms with Crippen molar-refractivity contribution in [3.63, 3.8) is 0 Å². The van der Waals surface area contributed by atoms with Crippen LogP contribution in [0.25, 0.3) is 12.2 Å². The number of ether oxygens (including phenoxy) is 3. The third-order valence-corrected chi connectivity index (χ3v) is 18.8. The average molecular weight is 1430 g/mol. The van der Waals surface area contributed by atoms with Gasteiger partial charge in [-0.15, -0.1) is 43.1 Å². The molecular weight excluding hydrogens is 1370 g/mol. The van der Waals surface area contributed by atoms with Gasteiger partial charge in [0.15, 0.2) is 26.7 Å². The van der Waals surface area contributed by atoms with E-state index in [1.807, 2.05) is 37.5 Å². The molecule has 0 radical (unpaired) electrons. The molecule has 3 amide bonds. The number of nitrogens with one attached hydrogen (secondary N) is 4. The van der Waals surface area contributed by atoms with Gasteiger partial charge in [0.25, 0.3) is 32.1 Å². The van der Waals surface area contributed by atoms with E-state index in [1.54, 1.807) is 36.4 Å². The zero-order chi connectivity index (χ0) is 71.8. The van der Waals surface area contributed by atoms with Crippen molar-refractivity contribution in [2.45, 2.75) is 56.5 Å². The highest BCUT2D eigenvalue weighted by atomic mass is 32.2. The number of carbonyl (C=O) groups excluding carboxylic acids is 5. The fourth-order valence-electron chi connectivity index (χ4n) is 9.25. The van der Waals surface area contributed by atoms with E-state index in [2.05, 4.69) is 51.7 Å². The van der Waals surface area contributed by atoms with Crippen LogP contribution in [0.4, 0.5) is 67.4 Å². The van der Waals surface area contributed by atoms with Gasteiger partial charge in [0, 0.05) is 67.1 Å². The van der Waals surface area contributed by atoms with Crippen molar-refractivity contribution in [1.82, 2.24) is 15.0 Å². The highest BCUT2D eigenvalue weighted by Crippen LogP contribution is 2.46. The second-order valence-corrected chi connectivity index (χ2v) is 25.8. The summed E-state index contributed by atoms with van der Waals surface area (Å²) in [7, 11) is -7.79. The number of aromatic nitrogens is 3. The number of nitrogens with two attached hydrogens (primary N) is 2. The van der Waals surface area contributed by atoms with Crippen LogP contribution in [0, 0.1) is 22.7 Å². The molecule has 0 saturated heterocycles. The molecule has 0 bridgehead atoms. The molecule has 512 valence electrons. The van der Waals surface area contributed by atoms with Crippen molar-refractivity contribution in [2.75, 3.05) is 90.6 Å². The highest BCUT2D eigenvalue weighted by molar-refractivity contribution is 7.99.